The number of likely N-dealkylation sites (tertiary alicyclic amines) is 1. The third-order valence-electron chi connectivity index (χ3n) is 5.53. The molecule has 0 amide bonds. The fourth-order valence-electron chi connectivity index (χ4n) is 4.46. The first-order chi connectivity index (χ1) is 6.61. The molecule has 1 saturated heterocycles. The van der Waals surface area contributed by atoms with Crippen LogP contribution in [-0.4, -0.2) is 24.5 Å². The lowest BCUT2D eigenvalue weighted by Crippen LogP contribution is -2.33. The van der Waals surface area contributed by atoms with Gasteiger partial charge < -0.3 is 4.90 Å². The highest BCUT2D eigenvalue weighted by Gasteiger charge is 2.86. The third kappa shape index (κ3) is 0.900. The zero-order valence-electron chi connectivity index (χ0n) is 9.84. The van der Waals surface area contributed by atoms with Gasteiger partial charge in [-0.05, 0) is 55.0 Å². The molecule has 0 N–H and O–H groups in total. The van der Waals surface area contributed by atoms with Crippen LogP contribution in [0.25, 0.3) is 0 Å². The normalized spacial score (nSPS) is 51.0. The van der Waals surface area contributed by atoms with Gasteiger partial charge in [-0.1, -0.05) is 20.8 Å². The molecule has 0 spiro atoms. The van der Waals surface area contributed by atoms with E-state index in [0.29, 0.717) is 5.41 Å². The molecule has 0 bridgehead atoms. The Morgan fingerprint density at radius 1 is 1.29 bits per heavy atom. The summed E-state index contributed by atoms with van der Waals surface area (Å²) in [5.41, 5.74) is 1.50. The fraction of sp³-hybridized carbons (Fsp3) is 1.00. The maximum Gasteiger partial charge on any atom is 0.00437 e. The van der Waals surface area contributed by atoms with Crippen LogP contribution in [0.2, 0.25) is 0 Å². The van der Waals surface area contributed by atoms with Gasteiger partial charge in [0.15, 0.2) is 0 Å². The standard InChI is InChI=1S/C13H23N/c1-10(2)13-8-11(13)12(13,3)9-14-6-4-5-7-14/h10-11H,4-9H2,1-3H3. The Morgan fingerprint density at radius 2 is 1.93 bits per heavy atom. The summed E-state index contributed by atoms with van der Waals surface area (Å²) in [5.74, 6) is 2.01. The second kappa shape index (κ2) is 2.55. The zero-order valence-corrected chi connectivity index (χ0v) is 9.84. The van der Waals surface area contributed by atoms with Crippen molar-refractivity contribution in [2.45, 2.75) is 40.0 Å². The minimum atomic E-state index is 0.714. The molecule has 80 valence electrons. The Morgan fingerprint density at radius 3 is 2.36 bits per heavy atom. The monoisotopic (exact) mass is 193 g/mol. The molecule has 1 heteroatoms. The molecule has 1 heterocycles. The van der Waals surface area contributed by atoms with E-state index in [9.17, 15) is 0 Å². The lowest BCUT2D eigenvalue weighted by atomic mass is 9.83. The van der Waals surface area contributed by atoms with Crippen molar-refractivity contribution in [2.24, 2.45) is 22.7 Å². The van der Waals surface area contributed by atoms with E-state index in [0.717, 1.165) is 17.3 Å². The molecular weight excluding hydrogens is 170 g/mol. The first-order valence-electron chi connectivity index (χ1n) is 6.33. The Hall–Kier alpha value is -0.0400. The van der Waals surface area contributed by atoms with Crippen molar-refractivity contribution in [1.82, 2.24) is 4.90 Å². The molecule has 0 aromatic heterocycles. The van der Waals surface area contributed by atoms with E-state index in [2.05, 4.69) is 25.7 Å². The topological polar surface area (TPSA) is 3.24 Å². The van der Waals surface area contributed by atoms with Gasteiger partial charge in [0.05, 0.1) is 0 Å². The van der Waals surface area contributed by atoms with Crippen LogP contribution in [0.1, 0.15) is 40.0 Å². The fourth-order valence-corrected chi connectivity index (χ4v) is 4.46. The zero-order chi connectivity index (χ0) is 9.97. The predicted octanol–water partition coefficient (Wildman–Crippen LogP) is 2.76. The van der Waals surface area contributed by atoms with Crippen LogP contribution >= 0.6 is 0 Å². The summed E-state index contributed by atoms with van der Waals surface area (Å²) >= 11 is 0. The van der Waals surface area contributed by atoms with Crippen molar-refractivity contribution in [2.75, 3.05) is 19.6 Å². The number of fused-ring (bicyclic) bond motifs is 1. The highest BCUT2D eigenvalue weighted by atomic mass is 15.2. The van der Waals surface area contributed by atoms with Gasteiger partial charge in [0, 0.05) is 6.54 Å². The molecule has 2 saturated carbocycles. The molecule has 3 atom stereocenters. The molecule has 1 aliphatic heterocycles. The highest BCUT2D eigenvalue weighted by Crippen LogP contribution is 2.90. The molecule has 3 unspecified atom stereocenters. The number of rotatable bonds is 3. The van der Waals surface area contributed by atoms with Crippen molar-refractivity contribution in [1.29, 1.82) is 0 Å². The van der Waals surface area contributed by atoms with Crippen molar-refractivity contribution >= 4 is 0 Å². The average molecular weight is 193 g/mol. The summed E-state index contributed by atoms with van der Waals surface area (Å²) in [6.45, 7) is 11.5. The number of hydrogen-bond acceptors (Lipinski definition) is 1. The van der Waals surface area contributed by atoms with E-state index in [1.807, 2.05) is 0 Å². The molecule has 2 aliphatic carbocycles. The molecule has 3 fully saturated rings. The molecule has 0 aromatic rings. The largest absolute Gasteiger partial charge is 0.303 e. The van der Waals surface area contributed by atoms with Gasteiger partial charge in [-0.15, -0.1) is 0 Å². The maximum absolute atomic E-state index is 2.70. The Bertz CT molecular complexity index is 254. The van der Waals surface area contributed by atoms with Crippen molar-refractivity contribution in [3.63, 3.8) is 0 Å². The third-order valence-corrected chi connectivity index (χ3v) is 5.53. The van der Waals surface area contributed by atoms with Gasteiger partial charge in [0.2, 0.25) is 0 Å². The van der Waals surface area contributed by atoms with Gasteiger partial charge in [-0.2, -0.15) is 0 Å². The van der Waals surface area contributed by atoms with E-state index in [1.54, 1.807) is 0 Å². The Kier molecular flexibility index (Phi) is 1.68. The van der Waals surface area contributed by atoms with Crippen LogP contribution in [0, 0.1) is 22.7 Å². The van der Waals surface area contributed by atoms with Gasteiger partial charge in [-0.3, -0.25) is 0 Å². The van der Waals surface area contributed by atoms with E-state index in [4.69, 9.17) is 0 Å². The average Bonchev–Trinajstić information content (AvgIpc) is 2.92. The quantitative estimate of drug-likeness (QED) is 0.666. The van der Waals surface area contributed by atoms with Crippen molar-refractivity contribution in [3.05, 3.63) is 0 Å². The Balaban J connectivity index is 1.65. The molecule has 0 radical (unpaired) electrons. The van der Waals surface area contributed by atoms with E-state index in [1.165, 1.54) is 38.9 Å². The number of hydrogen-bond donors (Lipinski definition) is 0. The van der Waals surface area contributed by atoms with Crippen LogP contribution in [0.3, 0.4) is 0 Å². The predicted molar refractivity (Wildman–Crippen MR) is 59.2 cm³/mol. The van der Waals surface area contributed by atoms with E-state index < -0.39 is 0 Å². The van der Waals surface area contributed by atoms with Gasteiger partial charge >= 0.3 is 0 Å². The lowest BCUT2D eigenvalue weighted by Gasteiger charge is -2.30. The number of nitrogens with zero attached hydrogens (tertiary/aromatic N) is 1. The van der Waals surface area contributed by atoms with Crippen molar-refractivity contribution < 1.29 is 0 Å². The van der Waals surface area contributed by atoms with Crippen molar-refractivity contribution in [3.8, 4) is 0 Å². The summed E-state index contributed by atoms with van der Waals surface area (Å²) in [5, 5.41) is 0. The van der Waals surface area contributed by atoms with Crippen LogP contribution in [0.5, 0.6) is 0 Å². The van der Waals surface area contributed by atoms with Gasteiger partial charge in [0.25, 0.3) is 0 Å². The molecule has 3 rings (SSSR count). The summed E-state index contributed by atoms with van der Waals surface area (Å²) in [6.07, 6.45) is 4.42. The second-order valence-corrected chi connectivity index (χ2v) is 6.35. The second-order valence-electron chi connectivity index (χ2n) is 6.35. The maximum atomic E-state index is 2.70. The van der Waals surface area contributed by atoms with E-state index in [-0.39, 0.29) is 0 Å². The smallest absolute Gasteiger partial charge is 0.00437 e. The SMILES string of the molecule is CC(C)C12CC1C2(C)CN1CCCC1. The van der Waals surface area contributed by atoms with Crippen LogP contribution in [0.15, 0.2) is 0 Å². The molecule has 3 aliphatic rings. The first kappa shape index (κ1) is 9.21. The summed E-state index contributed by atoms with van der Waals surface area (Å²) in [7, 11) is 0. The summed E-state index contributed by atoms with van der Waals surface area (Å²) in [4.78, 5) is 2.70. The molecular formula is C13H23N. The summed E-state index contributed by atoms with van der Waals surface area (Å²) < 4.78 is 0. The van der Waals surface area contributed by atoms with Crippen LogP contribution in [0.4, 0.5) is 0 Å². The molecule has 0 aromatic carbocycles. The lowest BCUT2D eigenvalue weighted by molar-refractivity contribution is 0.178. The van der Waals surface area contributed by atoms with Crippen LogP contribution in [-0.2, 0) is 0 Å². The minimum Gasteiger partial charge on any atom is -0.303 e. The van der Waals surface area contributed by atoms with Crippen LogP contribution < -0.4 is 0 Å². The first-order valence-corrected chi connectivity index (χ1v) is 6.33. The molecule has 1 nitrogen and oxygen atoms in total. The minimum absolute atomic E-state index is 0.714. The Labute approximate surface area is 87.9 Å². The summed E-state index contributed by atoms with van der Waals surface area (Å²) in [6, 6.07) is 0. The van der Waals surface area contributed by atoms with E-state index >= 15 is 0 Å². The van der Waals surface area contributed by atoms with Gasteiger partial charge in [-0.25, -0.2) is 0 Å². The highest BCUT2D eigenvalue weighted by molar-refractivity contribution is 5.34. The van der Waals surface area contributed by atoms with Gasteiger partial charge in [0.1, 0.15) is 0 Å². The molecule has 14 heavy (non-hydrogen) atoms.